The molecule has 3 rings (SSSR count). The fraction of sp³-hybridized carbons (Fsp3) is 0.429. The minimum Gasteiger partial charge on any atom is -0.299 e. The number of likely N-dealkylation sites (tertiary alicyclic amines) is 1. The third-order valence-corrected chi connectivity index (χ3v) is 4.18. The molecule has 1 aliphatic heterocycles. The van der Waals surface area contributed by atoms with Crippen molar-refractivity contribution in [3.8, 4) is 0 Å². The van der Waals surface area contributed by atoms with E-state index in [2.05, 4.69) is 39.4 Å². The number of aromatic amines is 2. The van der Waals surface area contributed by atoms with Gasteiger partial charge in [-0.2, -0.15) is 0 Å². The summed E-state index contributed by atoms with van der Waals surface area (Å²) >= 11 is 5.15. The van der Waals surface area contributed by atoms with Crippen LogP contribution in [0, 0.1) is 4.77 Å². The maximum atomic E-state index is 11.7. The minimum absolute atomic E-state index is 0.128. The Hall–Kier alpha value is -1.66. The molecule has 0 spiro atoms. The highest BCUT2D eigenvalue weighted by atomic mass is 32.1. The Bertz CT molecular complexity index is 637. The molecule has 0 atom stereocenters. The Kier molecular flexibility index (Phi) is 3.84. The van der Waals surface area contributed by atoms with Gasteiger partial charge in [0.15, 0.2) is 4.77 Å². The predicted molar refractivity (Wildman–Crippen MR) is 80.2 cm³/mol. The first-order valence-corrected chi connectivity index (χ1v) is 7.30. The van der Waals surface area contributed by atoms with Gasteiger partial charge in [0.1, 0.15) is 0 Å². The van der Waals surface area contributed by atoms with Crippen molar-refractivity contribution < 1.29 is 0 Å². The molecule has 1 saturated heterocycles. The number of H-pyrrole nitrogens is 2. The summed E-state index contributed by atoms with van der Waals surface area (Å²) in [5.41, 5.74) is 1.21. The molecule has 1 fully saturated rings. The zero-order valence-corrected chi connectivity index (χ0v) is 12.0. The highest BCUT2D eigenvalue weighted by molar-refractivity contribution is 7.71. The van der Waals surface area contributed by atoms with Crippen LogP contribution in [0.3, 0.4) is 0 Å². The van der Waals surface area contributed by atoms with Crippen LogP contribution in [0.5, 0.6) is 0 Å². The Morgan fingerprint density at radius 1 is 1.15 bits per heavy atom. The molecule has 0 bridgehead atoms. The molecule has 0 saturated carbocycles. The summed E-state index contributed by atoms with van der Waals surface area (Å²) in [5.74, 6) is 0. The monoisotopic (exact) mass is 290 g/mol. The molecule has 0 radical (unpaired) electrons. The average Bonchev–Trinajstić information content (AvgIpc) is 2.81. The third-order valence-electron chi connectivity index (χ3n) is 3.89. The molecule has 0 amide bonds. The van der Waals surface area contributed by atoms with E-state index in [-0.39, 0.29) is 11.7 Å². The van der Waals surface area contributed by atoms with Crippen molar-refractivity contribution in [3.63, 3.8) is 0 Å². The number of nitrogens with one attached hydrogen (secondary N) is 2. The van der Waals surface area contributed by atoms with Crippen LogP contribution in [0.25, 0.3) is 0 Å². The summed E-state index contributed by atoms with van der Waals surface area (Å²) in [6, 6.07) is 10.7. The molecule has 0 aliphatic carbocycles. The van der Waals surface area contributed by atoms with Crippen molar-refractivity contribution in [2.45, 2.75) is 25.4 Å². The number of piperidine rings is 1. The number of aromatic nitrogens is 3. The number of hydrogen-bond donors (Lipinski definition) is 2. The van der Waals surface area contributed by atoms with Gasteiger partial charge in [-0.1, -0.05) is 30.3 Å². The van der Waals surface area contributed by atoms with Gasteiger partial charge in [-0.3, -0.25) is 14.6 Å². The second-order valence-electron chi connectivity index (χ2n) is 5.22. The van der Waals surface area contributed by atoms with Gasteiger partial charge < -0.3 is 0 Å². The molecule has 1 aliphatic rings. The van der Waals surface area contributed by atoms with Crippen molar-refractivity contribution in [2.24, 2.45) is 0 Å². The van der Waals surface area contributed by atoms with Gasteiger partial charge in [-0.25, -0.2) is 9.89 Å². The molecule has 2 N–H and O–H groups in total. The summed E-state index contributed by atoms with van der Waals surface area (Å²) in [5, 5.41) is 5.26. The fourth-order valence-corrected chi connectivity index (χ4v) is 3.11. The molecule has 6 heteroatoms. The number of hydrogen-bond acceptors (Lipinski definition) is 3. The second kappa shape index (κ2) is 5.76. The number of rotatable bonds is 3. The van der Waals surface area contributed by atoms with Crippen molar-refractivity contribution in [2.75, 3.05) is 13.1 Å². The van der Waals surface area contributed by atoms with E-state index in [0.717, 1.165) is 32.5 Å². The molecular weight excluding hydrogens is 272 g/mol. The van der Waals surface area contributed by atoms with E-state index in [0.29, 0.717) is 4.77 Å². The largest absolute Gasteiger partial charge is 0.342 e. The van der Waals surface area contributed by atoms with Gasteiger partial charge in [-0.15, -0.1) is 0 Å². The van der Waals surface area contributed by atoms with Crippen molar-refractivity contribution in [1.82, 2.24) is 19.7 Å². The molecule has 2 heterocycles. The van der Waals surface area contributed by atoms with Crippen molar-refractivity contribution >= 4 is 12.2 Å². The van der Waals surface area contributed by atoms with Crippen molar-refractivity contribution in [3.05, 3.63) is 51.2 Å². The summed E-state index contributed by atoms with van der Waals surface area (Å²) in [6.45, 7) is 2.96. The fourth-order valence-electron chi connectivity index (χ4n) is 2.83. The zero-order valence-electron chi connectivity index (χ0n) is 11.2. The van der Waals surface area contributed by atoms with Gasteiger partial charge in [0.25, 0.3) is 0 Å². The average molecular weight is 290 g/mol. The Morgan fingerprint density at radius 3 is 2.45 bits per heavy atom. The van der Waals surface area contributed by atoms with E-state index in [1.807, 2.05) is 6.07 Å². The third kappa shape index (κ3) is 2.76. The predicted octanol–water partition coefficient (Wildman–Crippen LogP) is 2.07. The van der Waals surface area contributed by atoms with Crippen molar-refractivity contribution in [1.29, 1.82) is 0 Å². The lowest BCUT2D eigenvalue weighted by molar-refractivity contribution is 0.177. The SMILES string of the molecule is O=c1[nH][nH]c(=S)n1C1CCN(Cc2ccccc2)CC1. The lowest BCUT2D eigenvalue weighted by Gasteiger charge is -2.32. The van der Waals surface area contributed by atoms with Crippen LogP contribution in [-0.2, 0) is 6.54 Å². The zero-order chi connectivity index (χ0) is 13.9. The van der Waals surface area contributed by atoms with Gasteiger partial charge in [0.2, 0.25) is 0 Å². The topological polar surface area (TPSA) is 56.8 Å². The molecule has 5 nitrogen and oxygen atoms in total. The molecule has 2 aromatic rings. The molecule has 1 aromatic carbocycles. The van der Waals surface area contributed by atoms with Crippen LogP contribution in [0.4, 0.5) is 0 Å². The number of nitrogens with zero attached hydrogens (tertiary/aromatic N) is 2. The van der Waals surface area contributed by atoms with Crippen LogP contribution in [0.1, 0.15) is 24.4 Å². The van der Waals surface area contributed by atoms with E-state index in [1.165, 1.54) is 5.56 Å². The molecular formula is C14H18N4OS. The summed E-state index contributed by atoms with van der Waals surface area (Å²) in [4.78, 5) is 14.1. The second-order valence-corrected chi connectivity index (χ2v) is 5.61. The smallest absolute Gasteiger partial charge is 0.299 e. The van der Waals surface area contributed by atoms with Gasteiger partial charge >= 0.3 is 5.69 Å². The maximum absolute atomic E-state index is 11.7. The molecule has 1 aromatic heterocycles. The first kappa shape index (κ1) is 13.3. The lowest BCUT2D eigenvalue weighted by atomic mass is 10.0. The minimum atomic E-state index is -0.128. The van der Waals surface area contributed by atoms with Gasteiger partial charge in [0.05, 0.1) is 0 Å². The summed E-state index contributed by atoms with van der Waals surface area (Å²) in [7, 11) is 0. The van der Waals surface area contributed by atoms with Crippen LogP contribution in [-0.4, -0.2) is 32.8 Å². The van der Waals surface area contributed by atoms with E-state index in [4.69, 9.17) is 12.2 Å². The summed E-state index contributed by atoms with van der Waals surface area (Å²) < 4.78 is 2.17. The van der Waals surface area contributed by atoms with E-state index in [9.17, 15) is 4.79 Å². The number of benzene rings is 1. The van der Waals surface area contributed by atoms with Gasteiger partial charge in [0, 0.05) is 25.7 Å². The highest BCUT2D eigenvalue weighted by Crippen LogP contribution is 2.22. The van der Waals surface area contributed by atoms with Crippen LogP contribution in [0.2, 0.25) is 0 Å². The Balaban J connectivity index is 1.63. The standard InChI is InChI=1S/C14H18N4OS/c19-13-15-16-14(20)18(13)12-6-8-17(9-7-12)10-11-4-2-1-3-5-11/h1-5,12H,6-10H2,(H,15,19)(H,16,20). The molecule has 20 heavy (non-hydrogen) atoms. The highest BCUT2D eigenvalue weighted by Gasteiger charge is 2.22. The maximum Gasteiger partial charge on any atom is 0.342 e. The van der Waals surface area contributed by atoms with E-state index in [1.54, 1.807) is 4.57 Å². The molecule has 106 valence electrons. The van der Waals surface area contributed by atoms with Crippen LogP contribution >= 0.6 is 12.2 Å². The summed E-state index contributed by atoms with van der Waals surface area (Å²) in [6.07, 6.45) is 1.92. The quantitative estimate of drug-likeness (QED) is 0.851. The molecule has 0 unspecified atom stereocenters. The normalized spacial score (nSPS) is 17.4. The van der Waals surface area contributed by atoms with Crippen LogP contribution < -0.4 is 5.69 Å². The van der Waals surface area contributed by atoms with Gasteiger partial charge in [-0.05, 0) is 30.6 Å². The van der Waals surface area contributed by atoms with E-state index >= 15 is 0 Å². The first-order chi connectivity index (χ1) is 9.74. The van der Waals surface area contributed by atoms with Crippen LogP contribution in [0.15, 0.2) is 35.1 Å². The Labute approximate surface area is 122 Å². The van der Waals surface area contributed by atoms with E-state index < -0.39 is 0 Å². The lowest BCUT2D eigenvalue weighted by Crippen LogP contribution is -2.36. The Morgan fingerprint density at radius 2 is 1.85 bits per heavy atom. The first-order valence-electron chi connectivity index (χ1n) is 6.89.